The number of pyridine rings is 1. The molecule has 0 aliphatic carbocycles. The number of aromatic nitrogens is 1. The van der Waals surface area contributed by atoms with Gasteiger partial charge in [-0.1, -0.05) is 0 Å². The Kier molecular flexibility index (Phi) is 2.40. The molecule has 1 rings (SSSR count). The third-order valence-corrected chi connectivity index (χ3v) is 1.54. The molecule has 1 aromatic heterocycles. The lowest BCUT2D eigenvalue weighted by molar-refractivity contribution is 0.735. The molecule has 0 saturated heterocycles. The van der Waals surface area contributed by atoms with Crippen molar-refractivity contribution in [3.05, 3.63) is 24.0 Å². The van der Waals surface area contributed by atoms with Crippen molar-refractivity contribution in [1.29, 1.82) is 0 Å². The van der Waals surface area contributed by atoms with Crippen LogP contribution in [-0.2, 0) is 0 Å². The highest BCUT2D eigenvalue weighted by Gasteiger charge is 2.05. The Balaban J connectivity index is 2.93. The Morgan fingerprint density at radius 3 is 2.82 bits per heavy atom. The van der Waals surface area contributed by atoms with Crippen LogP contribution in [0, 0.1) is 0 Å². The summed E-state index contributed by atoms with van der Waals surface area (Å²) >= 11 is 0. The fraction of sp³-hybridized carbons (Fsp3) is 0.286. The lowest BCUT2D eigenvalue weighted by Gasteiger charge is -2.10. The summed E-state index contributed by atoms with van der Waals surface area (Å²) in [6.07, 6.45) is 3.27. The zero-order valence-corrected chi connectivity index (χ0v) is 6.20. The first-order valence-corrected chi connectivity index (χ1v) is 3.40. The molecule has 0 aliphatic heterocycles. The summed E-state index contributed by atoms with van der Waals surface area (Å²) in [5.74, 6) is 0. The molecular formula is C7H12N4. The van der Waals surface area contributed by atoms with Crippen LogP contribution in [0.4, 0.5) is 5.69 Å². The number of nitrogen functional groups attached to an aromatic ring is 1. The van der Waals surface area contributed by atoms with Gasteiger partial charge in [-0.25, -0.2) is 0 Å². The fourth-order valence-corrected chi connectivity index (χ4v) is 0.854. The van der Waals surface area contributed by atoms with Gasteiger partial charge in [-0.05, 0) is 6.07 Å². The van der Waals surface area contributed by atoms with Crippen molar-refractivity contribution >= 4 is 5.69 Å². The summed E-state index contributed by atoms with van der Waals surface area (Å²) in [5, 5.41) is 0. The van der Waals surface area contributed by atoms with E-state index in [1.807, 2.05) is 0 Å². The third-order valence-electron chi connectivity index (χ3n) is 1.54. The van der Waals surface area contributed by atoms with E-state index in [2.05, 4.69) is 4.98 Å². The van der Waals surface area contributed by atoms with E-state index < -0.39 is 0 Å². The highest BCUT2D eigenvalue weighted by Crippen LogP contribution is 2.14. The van der Waals surface area contributed by atoms with Crippen LogP contribution in [0.1, 0.15) is 11.6 Å². The average Bonchev–Trinajstić information content (AvgIpc) is 2.04. The second-order valence-electron chi connectivity index (χ2n) is 2.35. The van der Waals surface area contributed by atoms with Crippen LogP contribution in [-0.4, -0.2) is 11.5 Å². The van der Waals surface area contributed by atoms with Gasteiger partial charge in [0, 0.05) is 36.2 Å². The Hall–Kier alpha value is -1.13. The van der Waals surface area contributed by atoms with Gasteiger partial charge < -0.3 is 17.2 Å². The SMILES string of the molecule is NCC(N)c1cnccc1N. The number of nitrogens with zero attached hydrogens (tertiary/aromatic N) is 1. The van der Waals surface area contributed by atoms with E-state index in [9.17, 15) is 0 Å². The number of anilines is 1. The largest absolute Gasteiger partial charge is 0.398 e. The summed E-state index contributed by atoms with van der Waals surface area (Å²) in [6.45, 7) is 0.385. The Morgan fingerprint density at radius 1 is 1.55 bits per heavy atom. The van der Waals surface area contributed by atoms with Crippen molar-refractivity contribution < 1.29 is 0 Å². The van der Waals surface area contributed by atoms with Crippen LogP contribution in [0.2, 0.25) is 0 Å². The molecule has 6 N–H and O–H groups in total. The van der Waals surface area contributed by atoms with E-state index >= 15 is 0 Å². The van der Waals surface area contributed by atoms with Crippen molar-refractivity contribution in [3.8, 4) is 0 Å². The minimum absolute atomic E-state index is 0.205. The molecule has 1 heterocycles. The maximum absolute atomic E-state index is 5.65. The molecule has 0 bridgehead atoms. The van der Waals surface area contributed by atoms with Crippen LogP contribution >= 0.6 is 0 Å². The van der Waals surface area contributed by atoms with Gasteiger partial charge in [0.05, 0.1) is 0 Å². The molecule has 1 aromatic rings. The number of hydrogen-bond donors (Lipinski definition) is 3. The highest BCUT2D eigenvalue weighted by atomic mass is 14.8. The second-order valence-corrected chi connectivity index (χ2v) is 2.35. The molecule has 0 radical (unpaired) electrons. The predicted octanol–water partition coefficient (Wildman–Crippen LogP) is -0.378. The Labute approximate surface area is 65.4 Å². The summed E-state index contributed by atoms with van der Waals surface area (Å²) in [7, 11) is 0. The lowest BCUT2D eigenvalue weighted by atomic mass is 10.1. The zero-order chi connectivity index (χ0) is 8.27. The van der Waals surface area contributed by atoms with E-state index in [0.717, 1.165) is 5.56 Å². The van der Waals surface area contributed by atoms with E-state index in [0.29, 0.717) is 12.2 Å². The average molecular weight is 152 g/mol. The van der Waals surface area contributed by atoms with Crippen molar-refractivity contribution in [2.75, 3.05) is 12.3 Å². The minimum atomic E-state index is -0.205. The molecule has 4 nitrogen and oxygen atoms in total. The molecule has 0 saturated carbocycles. The molecule has 1 atom stereocenters. The van der Waals surface area contributed by atoms with Gasteiger partial charge in [-0.15, -0.1) is 0 Å². The van der Waals surface area contributed by atoms with Gasteiger partial charge >= 0.3 is 0 Å². The van der Waals surface area contributed by atoms with Crippen molar-refractivity contribution in [1.82, 2.24) is 4.98 Å². The normalized spacial score (nSPS) is 12.9. The maximum atomic E-state index is 5.65. The van der Waals surface area contributed by atoms with Gasteiger partial charge in [0.2, 0.25) is 0 Å². The summed E-state index contributed by atoms with van der Waals surface area (Å²) < 4.78 is 0. The molecule has 60 valence electrons. The molecule has 1 unspecified atom stereocenters. The van der Waals surface area contributed by atoms with E-state index in [1.165, 1.54) is 0 Å². The molecule has 0 spiro atoms. The first-order chi connectivity index (χ1) is 5.25. The van der Waals surface area contributed by atoms with Crippen LogP contribution in [0.5, 0.6) is 0 Å². The minimum Gasteiger partial charge on any atom is -0.398 e. The van der Waals surface area contributed by atoms with Gasteiger partial charge in [0.1, 0.15) is 0 Å². The topological polar surface area (TPSA) is 91.0 Å². The number of hydrogen-bond acceptors (Lipinski definition) is 4. The summed E-state index contributed by atoms with van der Waals surface area (Å²) in [5.41, 5.74) is 18.1. The van der Waals surface area contributed by atoms with E-state index in [1.54, 1.807) is 18.5 Å². The highest BCUT2D eigenvalue weighted by molar-refractivity contribution is 5.46. The van der Waals surface area contributed by atoms with Gasteiger partial charge in [0.25, 0.3) is 0 Å². The van der Waals surface area contributed by atoms with E-state index in [-0.39, 0.29) is 6.04 Å². The maximum Gasteiger partial charge on any atom is 0.0455 e. The first kappa shape index (κ1) is 7.97. The Bertz CT molecular complexity index is 236. The lowest BCUT2D eigenvalue weighted by Crippen LogP contribution is -2.21. The fourth-order valence-electron chi connectivity index (χ4n) is 0.854. The van der Waals surface area contributed by atoms with Crippen LogP contribution in [0.15, 0.2) is 18.5 Å². The molecule has 11 heavy (non-hydrogen) atoms. The zero-order valence-electron chi connectivity index (χ0n) is 6.20. The monoisotopic (exact) mass is 152 g/mol. The summed E-state index contributed by atoms with van der Waals surface area (Å²) in [4.78, 5) is 3.90. The van der Waals surface area contributed by atoms with Gasteiger partial charge in [-0.2, -0.15) is 0 Å². The molecule has 4 heteroatoms. The molecule has 0 amide bonds. The van der Waals surface area contributed by atoms with Crippen molar-refractivity contribution in [2.24, 2.45) is 11.5 Å². The van der Waals surface area contributed by atoms with Gasteiger partial charge in [0.15, 0.2) is 0 Å². The van der Waals surface area contributed by atoms with Crippen LogP contribution in [0.3, 0.4) is 0 Å². The standard InChI is InChI=1S/C7H12N4/c8-3-7(10)5-4-11-2-1-6(5)9/h1-2,4,7H,3,8,10H2,(H2,9,11). The molecule has 0 aliphatic rings. The van der Waals surface area contributed by atoms with E-state index in [4.69, 9.17) is 17.2 Å². The van der Waals surface area contributed by atoms with Gasteiger partial charge in [-0.3, -0.25) is 4.98 Å². The predicted molar refractivity (Wildman–Crippen MR) is 44.6 cm³/mol. The van der Waals surface area contributed by atoms with Crippen molar-refractivity contribution in [2.45, 2.75) is 6.04 Å². The third kappa shape index (κ3) is 1.66. The van der Waals surface area contributed by atoms with Crippen LogP contribution in [0.25, 0.3) is 0 Å². The molecule has 0 fully saturated rings. The second kappa shape index (κ2) is 3.32. The first-order valence-electron chi connectivity index (χ1n) is 3.40. The molecule has 0 aromatic carbocycles. The smallest absolute Gasteiger partial charge is 0.0455 e. The molecular weight excluding hydrogens is 140 g/mol. The quantitative estimate of drug-likeness (QED) is 0.539. The van der Waals surface area contributed by atoms with Crippen LogP contribution < -0.4 is 17.2 Å². The number of rotatable bonds is 2. The summed E-state index contributed by atoms with van der Waals surface area (Å²) in [6, 6.07) is 1.51. The van der Waals surface area contributed by atoms with Crippen molar-refractivity contribution in [3.63, 3.8) is 0 Å². The Morgan fingerprint density at radius 2 is 2.27 bits per heavy atom. The number of nitrogens with two attached hydrogens (primary N) is 3.